The minimum Gasteiger partial charge on any atom is -0.393 e. The molecule has 0 bridgehead atoms. The molecule has 24 rings (SSSR count). The van der Waals surface area contributed by atoms with E-state index in [0.29, 0.717) is 45.5 Å². The van der Waals surface area contributed by atoms with Gasteiger partial charge < -0.3 is 50.7 Å². The van der Waals surface area contributed by atoms with E-state index in [1.165, 1.54) is 36.8 Å². The molecule has 8 saturated heterocycles. The summed E-state index contributed by atoms with van der Waals surface area (Å²) in [7, 11) is 6.45. The number of aliphatic hydroxyl groups excluding tert-OH is 1. The summed E-state index contributed by atoms with van der Waals surface area (Å²) in [5.41, 5.74) is 23.9. The average molecular weight is 2020 g/mol. The smallest absolute Gasteiger partial charge is 0.276 e. The van der Waals surface area contributed by atoms with Gasteiger partial charge in [0.2, 0.25) is 0 Å². The van der Waals surface area contributed by atoms with Crippen LogP contribution in [0.15, 0.2) is 220 Å². The van der Waals surface area contributed by atoms with Gasteiger partial charge in [-0.2, -0.15) is 20.4 Å². The van der Waals surface area contributed by atoms with Crippen LogP contribution in [0, 0.1) is 0 Å². The number of piperidine rings is 1. The Labute approximate surface area is 871 Å². The number of rotatable bonds is 27. The Bertz CT molecular complexity index is 7310. The zero-order valence-corrected chi connectivity index (χ0v) is 85.3. The van der Waals surface area contributed by atoms with Gasteiger partial charge in [-0.1, -0.05) is 24.3 Å². The predicted octanol–water partition coefficient (Wildman–Crippen LogP) is 13.1. The van der Waals surface area contributed by atoms with E-state index in [1.807, 2.05) is 171 Å². The monoisotopic (exact) mass is 2020 g/mol. The van der Waals surface area contributed by atoms with Gasteiger partial charge >= 0.3 is 0 Å². The summed E-state index contributed by atoms with van der Waals surface area (Å²) in [5, 5.41) is 53.8. The van der Waals surface area contributed by atoms with E-state index in [2.05, 4.69) is 201 Å². The van der Waals surface area contributed by atoms with Crippen molar-refractivity contribution in [2.24, 2.45) is 0 Å². The molecule has 12 aromatic heterocycles. The number of hydrogen-bond acceptors (Lipinski definition) is 29. The molecule has 0 radical (unpaired) electrons. The summed E-state index contributed by atoms with van der Waals surface area (Å²) in [4.78, 5) is 115. The number of carbonyl (C=O) groups is 4. The van der Waals surface area contributed by atoms with Gasteiger partial charge in [-0.05, 0) is 259 Å². The number of morpholine rings is 1. The highest BCUT2D eigenvalue weighted by molar-refractivity contribution is 6.14. The molecule has 8 fully saturated rings. The number of anilines is 5. The Hall–Kier alpha value is -14.8. The minimum atomic E-state index is -0.281. The van der Waals surface area contributed by atoms with Crippen molar-refractivity contribution in [1.82, 2.24) is 130 Å². The lowest BCUT2D eigenvalue weighted by Gasteiger charge is -2.32. The molecule has 20 heterocycles. The molecule has 0 spiro atoms. The van der Waals surface area contributed by atoms with Crippen molar-refractivity contribution in [3.8, 4) is 44.5 Å². The van der Waals surface area contributed by atoms with Gasteiger partial charge in [0.25, 0.3) is 23.6 Å². The molecule has 0 saturated carbocycles. The molecule has 0 aliphatic carbocycles. The largest absolute Gasteiger partial charge is 0.393 e. The van der Waals surface area contributed by atoms with Gasteiger partial charge in [-0.3, -0.25) is 114 Å². The molecular formula is C113H129N31O6. The number of amides is 4. The van der Waals surface area contributed by atoms with Crippen molar-refractivity contribution >= 4 is 95.7 Å². The van der Waals surface area contributed by atoms with Gasteiger partial charge in [0.1, 0.15) is 0 Å². The van der Waals surface area contributed by atoms with Gasteiger partial charge in [0.15, 0.2) is 22.8 Å². The number of piperazine rings is 3. The Morgan fingerprint density at radius 1 is 0.293 bits per heavy atom. The number of hydrogen-bond donors (Lipinski definition) is 9. The highest BCUT2D eigenvalue weighted by atomic mass is 16.5. The first-order valence-electron chi connectivity index (χ1n) is 52.3. The molecule has 8 aliphatic rings. The van der Waals surface area contributed by atoms with E-state index in [9.17, 15) is 24.3 Å². The standard InChI is InChI=1S/C30H36N8O2.C28H32N8O2.C28H32N8O.C27H29N7O/c1-36-10-12-38(13-11-36)20-25-4-3-24(18-32-25)33-30(40)29-27-15-22(2-5-28(27)34-35-29)23-14-21(16-31-17-23)19-37-8-6-26(39)7-9-37;1-34-6-8-35(9-7-34)19-23-4-3-22(17-30-23)31-28(37)27-25-15-20(2-5-26(25)32-33-27)21-14-24(18-29-16-21)36-10-12-38-13-11-36;1-34-9-11-36(12-10-34)19-24-5-4-23(17-30-24)31-28(37)27-25-14-21(3-6-26(25)32-33-27)22-13-20(15-29-16-22)18-35-7-2-8-35;35-27(30-22-5-6-23(29-16-22)18-34-10-3-11-34)26-24-13-20(4-7-25(24)31-32-26)21-12-19(14-28-15-21)17-33-8-1-2-9-33/h2-5,14-18,26,39H,6-13,19-20H2,1H3,(H,33,40)(H,34,35);2-5,14-18H,6-13,19H2,1H3,(H,31,37)(H,32,33);3-6,13-17H,2,7-12,18-19H2,1H3,(H,31,37)(H,32,33);4-7,12-16H,1-3,8-11,17-18H2,(H,30,35)(H,31,32). The van der Waals surface area contributed by atoms with Gasteiger partial charge in [-0.15, -0.1) is 0 Å². The van der Waals surface area contributed by atoms with Crippen LogP contribution < -0.4 is 26.2 Å². The molecular weight excluding hydrogens is 1890 g/mol. The zero-order chi connectivity index (χ0) is 102. The molecule has 0 unspecified atom stereocenters. The van der Waals surface area contributed by atoms with Crippen LogP contribution in [0.3, 0.4) is 0 Å². The summed E-state index contributed by atoms with van der Waals surface area (Å²) < 4.78 is 5.48. The number of aliphatic hydroxyl groups is 1. The fraction of sp³-hybridized carbons (Fsp3) is 0.363. The number of benzene rings is 4. The molecule has 8 aliphatic heterocycles. The first-order valence-corrected chi connectivity index (χ1v) is 52.3. The van der Waals surface area contributed by atoms with Gasteiger partial charge in [-0.25, -0.2) is 0 Å². The number of H-pyrrole nitrogens is 4. The third-order valence-corrected chi connectivity index (χ3v) is 29.5. The quantitative estimate of drug-likeness (QED) is 0.0231. The Morgan fingerprint density at radius 3 is 0.867 bits per heavy atom. The van der Waals surface area contributed by atoms with Crippen LogP contribution in [0.25, 0.3) is 88.1 Å². The van der Waals surface area contributed by atoms with Crippen molar-refractivity contribution < 1.29 is 29.0 Å². The number of aromatic nitrogens is 16. The van der Waals surface area contributed by atoms with Crippen LogP contribution in [-0.2, 0) is 50.6 Å². The lowest BCUT2D eigenvalue weighted by atomic mass is 10.0. The number of likely N-dealkylation sites (tertiary alicyclic amines) is 4. The molecule has 4 aromatic carbocycles. The van der Waals surface area contributed by atoms with Crippen molar-refractivity contribution in [2.45, 2.75) is 90.4 Å². The number of fused-ring (bicyclic) bond motifs is 4. The molecule has 150 heavy (non-hydrogen) atoms. The fourth-order valence-electron chi connectivity index (χ4n) is 20.2. The van der Waals surface area contributed by atoms with E-state index >= 15 is 0 Å². The number of pyridine rings is 8. The highest BCUT2D eigenvalue weighted by Gasteiger charge is 2.28. The van der Waals surface area contributed by atoms with E-state index in [-0.39, 0.29) is 29.7 Å². The third kappa shape index (κ3) is 25.8. The number of nitrogens with zero attached hydrogens (tertiary/aromatic N) is 23. The predicted molar refractivity (Wildman–Crippen MR) is 582 cm³/mol. The summed E-state index contributed by atoms with van der Waals surface area (Å²) in [6, 6.07) is 48.1. The van der Waals surface area contributed by atoms with Crippen LogP contribution in [0.5, 0.6) is 0 Å². The zero-order valence-electron chi connectivity index (χ0n) is 85.3. The van der Waals surface area contributed by atoms with Crippen LogP contribution in [0.4, 0.5) is 28.4 Å². The molecule has 37 heteroatoms. The molecule has 0 atom stereocenters. The summed E-state index contributed by atoms with van der Waals surface area (Å²) in [5.74, 6) is -1.08. The second-order valence-corrected chi connectivity index (χ2v) is 40.6. The SMILES string of the molecule is CN1CCN(Cc2ccc(NC(=O)c3n[nH]c4ccc(-c5cncc(CN6CCC(O)CC6)c5)cc34)cn2)CC1.CN1CCN(Cc2ccc(NC(=O)c3n[nH]c4ccc(-c5cncc(CN6CCC6)c5)cc34)cn2)CC1.CN1CCN(Cc2ccc(NC(=O)c3n[nH]c4ccc(-c5cncc(N6CCOCC6)c5)cc34)cn2)CC1.O=C(Nc1ccc(CN2CCC2)nc1)c1n[nH]c2ccc(-c3cncc(CN4CCCC4)c3)cc12. The third-order valence-electron chi connectivity index (χ3n) is 29.5. The Morgan fingerprint density at radius 2 is 0.573 bits per heavy atom. The topological polar surface area (TPSA) is 399 Å². The highest BCUT2D eigenvalue weighted by Crippen LogP contribution is 2.35. The van der Waals surface area contributed by atoms with E-state index in [0.717, 1.165) is 338 Å². The van der Waals surface area contributed by atoms with Crippen molar-refractivity contribution in [2.75, 3.05) is 205 Å². The van der Waals surface area contributed by atoms with Gasteiger partial charge in [0, 0.05) is 238 Å². The number of ether oxygens (including phenoxy) is 1. The van der Waals surface area contributed by atoms with Crippen molar-refractivity contribution in [1.29, 1.82) is 0 Å². The first-order chi connectivity index (χ1) is 73.4. The van der Waals surface area contributed by atoms with E-state index < -0.39 is 0 Å². The van der Waals surface area contributed by atoms with E-state index in [1.54, 1.807) is 24.8 Å². The maximum atomic E-state index is 13.2. The average Bonchev–Trinajstić information content (AvgIpc) is 1.64. The second kappa shape index (κ2) is 47.8. The Kier molecular flexibility index (Phi) is 32.2. The maximum absolute atomic E-state index is 13.2. The first kappa shape index (κ1) is 101. The second-order valence-electron chi connectivity index (χ2n) is 40.6. The lowest BCUT2D eigenvalue weighted by molar-refractivity contribution is 0.0792. The number of likely N-dealkylation sites (N-methyl/N-ethyl adjacent to an activating group) is 3. The van der Waals surface area contributed by atoms with E-state index in [4.69, 9.17) is 4.74 Å². The number of carbonyl (C=O) groups excluding carboxylic acids is 4. The molecule has 9 N–H and O–H groups in total. The fourth-order valence-corrected chi connectivity index (χ4v) is 20.2. The van der Waals surface area contributed by atoms with Crippen LogP contribution in [0.1, 0.15) is 120 Å². The molecule has 4 amide bonds. The molecule has 16 aromatic rings. The molecule has 772 valence electrons. The Balaban J connectivity index is 0.000000117. The summed E-state index contributed by atoms with van der Waals surface area (Å²) >= 11 is 0. The van der Waals surface area contributed by atoms with Gasteiger partial charge in [0.05, 0.1) is 124 Å². The summed E-state index contributed by atoms with van der Waals surface area (Å²) in [6.45, 7) is 30.4. The van der Waals surface area contributed by atoms with Crippen LogP contribution in [0.2, 0.25) is 0 Å². The maximum Gasteiger partial charge on any atom is 0.276 e. The number of aromatic amines is 4. The van der Waals surface area contributed by atoms with Crippen molar-refractivity contribution in [3.63, 3.8) is 0 Å². The number of nitrogens with one attached hydrogen (secondary N) is 8. The summed E-state index contributed by atoms with van der Waals surface area (Å²) in [6.07, 6.45) is 28.5. The van der Waals surface area contributed by atoms with Crippen LogP contribution >= 0.6 is 0 Å². The minimum absolute atomic E-state index is 0.184. The van der Waals surface area contributed by atoms with Crippen LogP contribution in [-0.4, -0.2) is 343 Å². The lowest BCUT2D eigenvalue weighted by Crippen LogP contribution is -2.43. The normalized spacial score (nSPS) is 17.2. The molecule has 37 nitrogen and oxygen atoms in total. The van der Waals surface area contributed by atoms with Crippen molar-refractivity contribution in [3.05, 3.63) is 282 Å².